The van der Waals surface area contributed by atoms with E-state index in [1.165, 1.54) is 12.4 Å². The largest absolute Gasteiger partial charge is 0.490 e. The summed E-state index contributed by atoms with van der Waals surface area (Å²) in [5.41, 5.74) is 2.94. The van der Waals surface area contributed by atoms with E-state index in [-0.39, 0.29) is 19.0 Å². The molecule has 3 aromatic carbocycles. The standard InChI is InChI=1S/C29H27FN4O4/c1-3-36-24-16-20(14-15-23(24)38-17-21-12-8-9-13-22(21)30)27-25(28(35)37-4-2)26(19-10-6-5-7-11-19)33-29-31-18-32-34(27)29/h5-16,18,27H,3-4,17H2,1-2H3,(H,31,32,33)/t27-/m0/s1. The van der Waals surface area contributed by atoms with Crippen LogP contribution < -0.4 is 14.8 Å². The molecule has 1 aliphatic rings. The van der Waals surface area contributed by atoms with Crippen molar-refractivity contribution < 1.29 is 23.4 Å². The van der Waals surface area contributed by atoms with Crippen molar-refractivity contribution in [3.63, 3.8) is 0 Å². The Kier molecular flexibility index (Phi) is 7.35. The number of aromatic nitrogens is 3. The van der Waals surface area contributed by atoms with Crippen LogP contribution in [0.4, 0.5) is 10.3 Å². The Morgan fingerprint density at radius 2 is 1.76 bits per heavy atom. The van der Waals surface area contributed by atoms with Crippen LogP contribution in [0.3, 0.4) is 0 Å². The zero-order chi connectivity index (χ0) is 26.5. The SMILES string of the molecule is CCOC(=O)C1=C(c2ccccc2)Nc2ncnn2[C@H]1c1ccc(OCc2ccccc2F)c(OCC)c1. The van der Waals surface area contributed by atoms with E-state index in [2.05, 4.69) is 15.4 Å². The highest BCUT2D eigenvalue weighted by Gasteiger charge is 2.36. The molecular weight excluding hydrogens is 487 g/mol. The van der Waals surface area contributed by atoms with Crippen molar-refractivity contribution >= 4 is 17.6 Å². The van der Waals surface area contributed by atoms with E-state index in [1.54, 1.807) is 35.9 Å². The van der Waals surface area contributed by atoms with Crippen LogP contribution >= 0.6 is 0 Å². The van der Waals surface area contributed by atoms with Gasteiger partial charge in [-0.05, 0) is 43.2 Å². The van der Waals surface area contributed by atoms with Crippen LogP contribution in [-0.4, -0.2) is 33.9 Å². The summed E-state index contributed by atoms with van der Waals surface area (Å²) >= 11 is 0. The van der Waals surface area contributed by atoms with E-state index in [9.17, 15) is 9.18 Å². The van der Waals surface area contributed by atoms with Gasteiger partial charge in [0.05, 0.1) is 24.5 Å². The van der Waals surface area contributed by atoms with Crippen molar-refractivity contribution in [3.05, 3.63) is 107 Å². The number of fused-ring (bicyclic) bond motifs is 1. The second kappa shape index (κ2) is 11.2. The lowest BCUT2D eigenvalue weighted by molar-refractivity contribution is -0.138. The van der Waals surface area contributed by atoms with Gasteiger partial charge in [-0.3, -0.25) is 0 Å². The number of benzene rings is 3. The highest BCUT2D eigenvalue weighted by Crippen LogP contribution is 2.41. The van der Waals surface area contributed by atoms with Crippen molar-refractivity contribution in [2.24, 2.45) is 0 Å². The lowest BCUT2D eigenvalue weighted by Gasteiger charge is -2.30. The summed E-state index contributed by atoms with van der Waals surface area (Å²) < 4.78 is 33.1. The third-order valence-electron chi connectivity index (χ3n) is 6.08. The van der Waals surface area contributed by atoms with Crippen LogP contribution in [0.2, 0.25) is 0 Å². The van der Waals surface area contributed by atoms with E-state index >= 15 is 0 Å². The van der Waals surface area contributed by atoms with Crippen LogP contribution in [0.25, 0.3) is 5.70 Å². The van der Waals surface area contributed by atoms with Gasteiger partial charge in [-0.1, -0.05) is 54.6 Å². The predicted molar refractivity (Wildman–Crippen MR) is 140 cm³/mol. The molecule has 1 aromatic heterocycles. The van der Waals surface area contributed by atoms with Crippen molar-refractivity contribution in [1.29, 1.82) is 0 Å². The number of hydrogen-bond donors (Lipinski definition) is 1. The molecule has 0 bridgehead atoms. The van der Waals surface area contributed by atoms with Crippen LogP contribution in [0, 0.1) is 5.82 Å². The molecule has 0 fully saturated rings. The van der Waals surface area contributed by atoms with E-state index in [4.69, 9.17) is 14.2 Å². The molecule has 194 valence electrons. The molecule has 1 aliphatic heterocycles. The van der Waals surface area contributed by atoms with E-state index < -0.39 is 12.0 Å². The summed E-state index contributed by atoms with van der Waals surface area (Å²) in [4.78, 5) is 17.8. The van der Waals surface area contributed by atoms with Gasteiger partial charge in [-0.25, -0.2) is 13.9 Å². The fourth-order valence-corrected chi connectivity index (χ4v) is 4.38. The molecule has 2 heterocycles. The first-order valence-electron chi connectivity index (χ1n) is 12.4. The maximum Gasteiger partial charge on any atom is 0.338 e. The van der Waals surface area contributed by atoms with Gasteiger partial charge in [-0.2, -0.15) is 10.1 Å². The number of carbonyl (C=O) groups excluding carboxylic acids is 1. The lowest BCUT2D eigenvalue weighted by atomic mass is 9.92. The minimum atomic E-state index is -0.650. The number of halogens is 1. The molecule has 8 nitrogen and oxygen atoms in total. The van der Waals surface area contributed by atoms with Gasteiger partial charge in [0.15, 0.2) is 11.5 Å². The number of ether oxygens (including phenoxy) is 3. The number of esters is 1. The minimum Gasteiger partial charge on any atom is -0.490 e. The van der Waals surface area contributed by atoms with E-state index in [0.29, 0.717) is 40.9 Å². The molecule has 9 heteroatoms. The van der Waals surface area contributed by atoms with Crippen molar-refractivity contribution in [2.75, 3.05) is 18.5 Å². The van der Waals surface area contributed by atoms with Crippen molar-refractivity contribution in [2.45, 2.75) is 26.5 Å². The van der Waals surface area contributed by atoms with Crippen molar-refractivity contribution in [3.8, 4) is 11.5 Å². The summed E-state index contributed by atoms with van der Waals surface area (Å²) in [6.07, 6.45) is 1.43. The van der Waals surface area contributed by atoms with Crippen molar-refractivity contribution in [1.82, 2.24) is 14.8 Å². The maximum atomic E-state index is 14.1. The Balaban J connectivity index is 1.59. The molecule has 5 rings (SSSR count). The number of nitrogens with one attached hydrogen (secondary N) is 1. The molecule has 0 saturated heterocycles. The first kappa shape index (κ1) is 25.0. The molecule has 0 spiro atoms. The molecule has 0 unspecified atom stereocenters. The number of anilines is 1. The quantitative estimate of drug-likeness (QED) is 0.300. The van der Waals surface area contributed by atoms with Gasteiger partial charge in [0.25, 0.3) is 0 Å². The summed E-state index contributed by atoms with van der Waals surface area (Å²) in [5.74, 6) is 0.596. The Morgan fingerprint density at radius 1 is 0.974 bits per heavy atom. The number of carbonyl (C=O) groups is 1. The van der Waals surface area contributed by atoms with E-state index in [1.807, 2.05) is 49.4 Å². The van der Waals surface area contributed by atoms with Gasteiger partial charge >= 0.3 is 5.97 Å². The Morgan fingerprint density at radius 3 is 2.53 bits per heavy atom. The number of rotatable bonds is 9. The normalized spacial score (nSPS) is 14.4. The molecule has 0 radical (unpaired) electrons. The maximum absolute atomic E-state index is 14.1. The summed E-state index contributed by atoms with van der Waals surface area (Å²) in [6, 6.07) is 20.7. The second-order valence-corrected chi connectivity index (χ2v) is 8.45. The topological polar surface area (TPSA) is 87.5 Å². The fraction of sp³-hybridized carbons (Fsp3) is 0.207. The molecule has 1 N–H and O–H groups in total. The average molecular weight is 515 g/mol. The molecule has 0 amide bonds. The van der Waals surface area contributed by atoms with Crippen LogP contribution in [0.5, 0.6) is 11.5 Å². The Labute approximate surface area is 219 Å². The highest BCUT2D eigenvalue weighted by atomic mass is 19.1. The molecule has 4 aromatic rings. The predicted octanol–water partition coefficient (Wildman–Crippen LogP) is 5.38. The molecule has 38 heavy (non-hydrogen) atoms. The third-order valence-corrected chi connectivity index (χ3v) is 6.08. The monoisotopic (exact) mass is 514 g/mol. The molecule has 0 aliphatic carbocycles. The summed E-state index contributed by atoms with van der Waals surface area (Å²) in [7, 11) is 0. The zero-order valence-corrected chi connectivity index (χ0v) is 21.1. The summed E-state index contributed by atoms with van der Waals surface area (Å²) in [6.45, 7) is 4.27. The highest BCUT2D eigenvalue weighted by molar-refractivity contribution is 6.02. The fourth-order valence-electron chi connectivity index (χ4n) is 4.38. The van der Waals surface area contributed by atoms with Crippen LogP contribution in [0.15, 0.2) is 84.7 Å². The first-order valence-corrected chi connectivity index (χ1v) is 12.4. The van der Waals surface area contributed by atoms with Gasteiger partial charge in [-0.15, -0.1) is 0 Å². The van der Waals surface area contributed by atoms with Gasteiger partial charge in [0.1, 0.15) is 24.8 Å². The molecule has 0 saturated carbocycles. The molecular formula is C29H27FN4O4. The third kappa shape index (κ3) is 4.95. The van der Waals surface area contributed by atoms with Crippen LogP contribution in [0.1, 0.15) is 36.6 Å². The average Bonchev–Trinajstić information content (AvgIpc) is 3.41. The molecule has 1 atom stereocenters. The first-order chi connectivity index (χ1) is 18.6. The number of nitrogens with zero attached hydrogens (tertiary/aromatic N) is 3. The summed E-state index contributed by atoms with van der Waals surface area (Å²) in [5, 5.41) is 7.66. The smallest absolute Gasteiger partial charge is 0.338 e. The second-order valence-electron chi connectivity index (χ2n) is 8.45. The Bertz CT molecular complexity index is 1470. The number of hydrogen-bond acceptors (Lipinski definition) is 7. The van der Waals surface area contributed by atoms with Gasteiger partial charge in [0, 0.05) is 5.56 Å². The van der Waals surface area contributed by atoms with Gasteiger partial charge < -0.3 is 19.5 Å². The van der Waals surface area contributed by atoms with Gasteiger partial charge in [0.2, 0.25) is 5.95 Å². The Hall–Kier alpha value is -4.66. The van der Waals surface area contributed by atoms with E-state index in [0.717, 1.165) is 11.1 Å². The lowest BCUT2D eigenvalue weighted by Crippen LogP contribution is -2.30. The zero-order valence-electron chi connectivity index (χ0n) is 21.1. The van der Waals surface area contributed by atoms with Crippen LogP contribution in [-0.2, 0) is 16.1 Å². The minimum absolute atomic E-state index is 0.0405.